The summed E-state index contributed by atoms with van der Waals surface area (Å²) in [6, 6.07) is 11.0. The minimum atomic E-state index is -0.971. The number of piperidine rings is 1. The number of halogens is 3. The molecule has 6 aliphatic rings. The van der Waals surface area contributed by atoms with E-state index in [4.69, 9.17) is 23.2 Å². The molecule has 2 aromatic heterocycles. The minimum Gasteiger partial charge on any atom is -0.390 e. The Morgan fingerprint density at radius 1 is 1.15 bits per heavy atom. The Morgan fingerprint density at radius 3 is 2.60 bits per heavy atom. The number of carbonyl (C=O) groups is 1. The number of rotatable bonds is 5. The van der Waals surface area contributed by atoms with Crippen molar-refractivity contribution in [1.82, 2.24) is 20.2 Å². The summed E-state index contributed by atoms with van der Waals surface area (Å²) in [6.07, 6.45) is 3.71. The summed E-state index contributed by atoms with van der Waals surface area (Å²) in [5.74, 6) is 0.188. The van der Waals surface area contributed by atoms with Crippen molar-refractivity contribution >= 4 is 50.9 Å². The number of aromatic nitrogens is 2. The number of hydrogen-bond acceptors (Lipinski definition) is 6. The van der Waals surface area contributed by atoms with Gasteiger partial charge in [-0.25, -0.2) is 9.37 Å². The van der Waals surface area contributed by atoms with Crippen LogP contribution in [0.1, 0.15) is 61.5 Å². The van der Waals surface area contributed by atoms with Crippen molar-refractivity contribution in [2.75, 3.05) is 6.54 Å². The van der Waals surface area contributed by atoms with Crippen molar-refractivity contribution in [2.45, 2.75) is 82.2 Å². The number of nitriles is 1. The Bertz CT molecular complexity index is 1950. The molecule has 47 heavy (non-hydrogen) atoms. The van der Waals surface area contributed by atoms with Gasteiger partial charge in [-0.15, -0.1) is 0 Å². The number of H-pyrrole nitrogens is 1. The second kappa shape index (κ2) is 11.7. The molecule has 5 heterocycles. The fourth-order valence-corrected chi connectivity index (χ4v) is 8.79. The molecule has 4 N–H and O–H groups in total. The number of aryl methyl sites for hydroxylation is 2. The predicted octanol–water partition coefficient (Wildman–Crippen LogP) is 6.37. The van der Waals surface area contributed by atoms with Gasteiger partial charge in [0.1, 0.15) is 11.6 Å². The van der Waals surface area contributed by atoms with Crippen LogP contribution in [0.25, 0.3) is 32.9 Å². The summed E-state index contributed by atoms with van der Waals surface area (Å²) in [7, 11) is 0. The van der Waals surface area contributed by atoms with Crippen molar-refractivity contribution in [3.05, 3.63) is 63.1 Å². The van der Waals surface area contributed by atoms with Gasteiger partial charge in [-0.05, 0) is 81.7 Å². The number of amides is 1. The summed E-state index contributed by atoms with van der Waals surface area (Å²) in [6.45, 7) is 3.12. The molecule has 2 aromatic carbocycles. The highest BCUT2D eigenvalue weighted by Gasteiger charge is 2.60. The average Bonchev–Trinajstić information content (AvgIpc) is 3.45. The van der Waals surface area contributed by atoms with Crippen molar-refractivity contribution in [2.24, 2.45) is 17.8 Å². The normalized spacial score (nSPS) is 28.8. The molecule has 0 spiro atoms. The van der Waals surface area contributed by atoms with Crippen LogP contribution in [0.3, 0.4) is 0 Å². The molecule has 0 radical (unpaired) electrons. The van der Waals surface area contributed by atoms with Crippen LogP contribution in [-0.2, 0) is 11.2 Å². The van der Waals surface area contributed by atoms with Crippen LogP contribution >= 0.6 is 23.2 Å². The number of carbonyl (C=O) groups excluding carboxylic acids is 1. The van der Waals surface area contributed by atoms with E-state index in [1.807, 2.05) is 12.1 Å². The molecule has 3 aliphatic heterocycles. The quantitative estimate of drug-likeness (QED) is 0.195. The van der Waals surface area contributed by atoms with E-state index >= 15 is 4.39 Å². The van der Waals surface area contributed by atoms with Gasteiger partial charge in [0.15, 0.2) is 5.82 Å². The molecule has 11 heteroatoms. The van der Waals surface area contributed by atoms with Gasteiger partial charge in [0.25, 0.3) is 0 Å². The number of likely N-dealkylation sites (tertiary alicyclic amines) is 1. The average molecular weight is 677 g/mol. The van der Waals surface area contributed by atoms with Gasteiger partial charge in [0.2, 0.25) is 5.91 Å². The van der Waals surface area contributed by atoms with E-state index in [2.05, 4.69) is 21.4 Å². The molecule has 1 amide bonds. The summed E-state index contributed by atoms with van der Waals surface area (Å²) >= 11 is 12.8. The highest BCUT2D eigenvalue weighted by molar-refractivity contribution is 6.43. The highest BCUT2D eigenvalue weighted by Crippen LogP contribution is 2.53. The van der Waals surface area contributed by atoms with Gasteiger partial charge in [-0.2, -0.15) is 5.26 Å². The maximum Gasteiger partial charge on any atom is 0.226 e. The number of aliphatic hydroxyl groups is 2. The lowest BCUT2D eigenvalue weighted by atomic mass is 9.87. The topological polar surface area (TPSA) is 125 Å². The summed E-state index contributed by atoms with van der Waals surface area (Å²) in [5, 5.41) is 36.0. The maximum atomic E-state index is 16.5. The second-order valence-electron chi connectivity index (χ2n) is 13.9. The van der Waals surface area contributed by atoms with Crippen LogP contribution in [0.5, 0.6) is 0 Å². The van der Waals surface area contributed by atoms with Gasteiger partial charge in [-0.1, -0.05) is 35.3 Å². The molecule has 4 bridgehead atoms. The summed E-state index contributed by atoms with van der Waals surface area (Å²) in [5.41, 5.74) is 3.46. The number of fused-ring (bicyclic) bond motifs is 6. The highest BCUT2D eigenvalue weighted by atomic mass is 35.5. The number of hydrogen-bond donors (Lipinski definition) is 4. The molecule has 6 fully saturated rings. The van der Waals surface area contributed by atoms with Gasteiger partial charge < -0.3 is 25.4 Å². The van der Waals surface area contributed by atoms with Crippen LogP contribution in [0.4, 0.5) is 4.39 Å². The Balaban J connectivity index is 0.000000480. The van der Waals surface area contributed by atoms with E-state index in [1.54, 1.807) is 30.0 Å². The van der Waals surface area contributed by atoms with Gasteiger partial charge in [-0.3, -0.25) is 4.79 Å². The van der Waals surface area contributed by atoms with Crippen LogP contribution in [0, 0.1) is 41.8 Å². The number of benzene rings is 2. The van der Waals surface area contributed by atoms with E-state index in [0.717, 1.165) is 35.9 Å². The van der Waals surface area contributed by atoms with Crippen molar-refractivity contribution in [3.8, 4) is 17.2 Å². The third-order valence-corrected chi connectivity index (χ3v) is 11.8. The van der Waals surface area contributed by atoms with Crippen molar-refractivity contribution in [1.29, 1.82) is 5.26 Å². The third kappa shape index (κ3) is 5.03. The fourth-order valence-electron chi connectivity index (χ4n) is 8.40. The number of pyridine rings is 1. The van der Waals surface area contributed by atoms with E-state index < -0.39 is 30.1 Å². The monoisotopic (exact) mass is 675 g/mol. The van der Waals surface area contributed by atoms with Crippen LogP contribution in [0.2, 0.25) is 10.0 Å². The maximum absolute atomic E-state index is 16.5. The molecule has 5 atom stereocenters. The number of aliphatic hydroxyl groups excluding tert-OH is 2. The molecule has 3 saturated heterocycles. The summed E-state index contributed by atoms with van der Waals surface area (Å²) in [4.78, 5) is 23.3. The van der Waals surface area contributed by atoms with E-state index in [0.29, 0.717) is 45.6 Å². The number of nitrogens with one attached hydrogen (secondary N) is 2. The Morgan fingerprint density at radius 2 is 1.94 bits per heavy atom. The first kappa shape index (κ1) is 31.0. The molecule has 244 valence electrons. The molecule has 4 aromatic rings. The first-order valence-electron chi connectivity index (χ1n) is 16.5. The first-order valence-corrected chi connectivity index (χ1v) is 17.3. The fraction of sp³-hybridized carbons (Fsp3) is 0.472. The Labute approximate surface area is 281 Å². The molecular weight excluding hydrogens is 640 g/mol. The lowest BCUT2D eigenvalue weighted by molar-refractivity contribution is -0.146. The molecular formula is C36H36Cl2FN5O3. The predicted molar refractivity (Wildman–Crippen MR) is 178 cm³/mol. The zero-order valence-electron chi connectivity index (χ0n) is 25.9. The number of aromatic amines is 1. The second-order valence-corrected chi connectivity index (χ2v) is 14.7. The van der Waals surface area contributed by atoms with Crippen LogP contribution in [-0.4, -0.2) is 61.8 Å². The van der Waals surface area contributed by atoms with E-state index in [1.165, 1.54) is 19.4 Å². The van der Waals surface area contributed by atoms with Crippen molar-refractivity contribution < 1.29 is 19.4 Å². The van der Waals surface area contributed by atoms with Crippen molar-refractivity contribution in [3.63, 3.8) is 0 Å². The Kier molecular flexibility index (Phi) is 7.73. The van der Waals surface area contributed by atoms with Gasteiger partial charge >= 0.3 is 0 Å². The zero-order chi connectivity index (χ0) is 32.7. The lowest BCUT2D eigenvalue weighted by Gasteiger charge is -2.40. The number of nitrogens with zero attached hydrogens (tertiary/aromatic N) is 3. The van der Waals surface area contributed by atoms with Gasteiger partial charge in [0.05, 0.1) is 39.8 Å². The third-order valence-electron chi connectivity index (χ3n) is 11.0. The van der Waals surface area contributed by atoms with E-state index in [-0.39, 0.29) is 40.3 Å². The molecule has 8 nitrogen and oxygen atoms in total. The smallest absolute Gasteiger partial charge is 0.226 e. The molecule has 5 unspecified atom stereocenters. The largest absolute Gasteiger partial charge is 0.390 e. The first-order chi connectivity index (χ1) is 22.7. The van der Waals surface area contributed by atoms with E-state index in [9.17, 15) is 20.3 Å². The van der Waals surface area contributed by atoms with Crippen LogP contribution in [0.15, 0.2) is 30.3 Å². The standard InChI is InChI=1S/C31H27Cl2FN4O3.C5H9N/c1-13-17-11-21(28-19-12-22(30(40)29(19)39)38(28)31(41)14-7-8-14)37-26(17)18-10-15(4-3-9-35)23(25(34)27(18)36-13)16-5-2-6-20(32)24(16)33;1-4-2-5(1)6-3-4/h2,5-6,10-11,14,19,22,28-30,37,39-40H,3-4,7-8,12H2,1H3;4-6H,1-3H2. The Hall–Kier alpha value is -3.26. The lowest BCUT2D eigenvalue weighted by Crippen LogP contribution is -2.52. The minimum absolute atomic E-state index is 0.0136. The van der Waals surface area contributed by atoms with Gasteiger partial charge in [0, 0.05) is 57.6 Å². The summed E-state index contributed by atoms with van der Waals surface area (Å²) < 4.78 is 16.5. The van der Waals surface area contributed by atoms with Crippen LogP contribution < -0.4 is 5.32 Å². The molecule has 3 aliphatic carbocycles. The SMILES string of the molecule is C1NC2CC1C2.Cc1nc2c(F)c(-c3cccc(Cl)c3Cl)c(CCC#N)cc2c2[nH]c(C3C4CC(C(O)C4O)N3C(=O)C3CC3)cc12. The molecule has 10 rings (SSSR count). The zero-order valence-corrected chi connectivity index (χ0v) is 27.5. The molecule has 3 saturated carbocycles.